The number of ether oxygens (including phenoxy) is 1. The molecule has 1 N–H and O–H groups in total. The Morgan fingerprint density at radius 2 is 1.72 bits per heavy atom. The van der Waals surface area contributed by atoms with E-state index >= 15 is 0 Å². The van der Waals surface area contributed by atoms with Gasteiger partial charge >= 0.3 is 0 Å². The van der Waals surface area contributed by atoms with Crippen LogP contribution in [0.5, 0.6) is 11.6 Å². The molecule has 0 aliphatic rings. The van der Waals surface area contributed by atoms with Crippen molar-refractivity contribution in [1.29, 1.82) is 0 Å². The van der Waals surface area contributed by atoms with Crippen molar-refractivity contribution in [2.45, 2.75) is 53.9 Å². The summed E-state index contributed by atoms with van der Waals surface area (Å²) in [6.45, 7) is 12.4. The number of hydrogen-bond donors (Lipinski definition) is 1. The van der Waals surface area contributed by atoms with Crippen molar-refractivity contribution in [3.05, 3.63) is 51.2 Å². The van der Waals surface area contributed by atoms with Crippen LogP contribution < -0.4 is 10.1 Å². The first-order valence-electron chi connectivity index (χ1n) is 9.04. The third-order valence-electron chi connectivity index (χ3n) is 4.37. The van der Waals surface area contributed by atoms with E-state index in [1.807, 2.05) is 32.9 Å². The maximum absolute atomic E-state index is 6.20. The van der Waals surface area contributed by atoms with Crippen LogP contribution in [0, 0.1) is 27.7 Å². The third-order valence-corrected chi connectivity index (χ3v) is 4.58. The van der Waals surface area contributed by atoms with Gasteiger partial charge < -0.3 is 10.1 Å². The first-order valence-corrected chi connectivity index (χ1v) is 9.42. The normalized spacial score (nSPS) is 11.0. The molecule has 4 heteroatoms. The van der Waals surface area contributed by atoms with Gasteiger partial charge in [-0.2, -0.15) is 0 Å². The Hall–Kier alpha value is -1.58. The molecule has 0 bridgehead atoms. The van der Waals surface area contributed by atoms with Crippen LogP contribution in [-0.4, -0.2) is 18.1 Å². The summed E-state index contributed by atoms with van der Waals surface area (Å²) >= 11 is 6.12. The van der Waals surface area contributed by atoms with Gasteiger partial charge in [0.1, 0.15) is 5.75 Å². The Morgan fingerprint density at radius 3 is 2.36 bits per heavy atom. The summed E-state index contributed by atoms with van der Waals surface area (Å²) in [5.74, 6) is 1.54. The molecule has 0 aliphatic heterocycles. The summed E-state index contributed by atoms with van der Waals surface area (Å²) in [7, 11) is 0. The molecule has 0 saturated heterocycles. The largest absolute Gasteiger partial charge is 0.438 e. The molecule has 25 heavy (non-hydrogen) atoms. The highest BCUT2D eigenvalue weighted by Crippen LogP contribution is 2.33. The van der Waals surface area contributed by atoms with Gasteiger partial charge in [0.05, 0.1) is 0 Å². The SMILES string of the molecule is CCCCNCCc1cc(C)nc(Oc2c(C)cc(Cl)cc2C)c1C. The van der Waals surface area contributed by atoms with E-state index in [1.54, 1.807) is 0 Å². The van der Waals surface area contributed by atoms with Crippen LogP contribution in [0.4, 0.5) is 0 Å². The average molecular weight is 361 g/mol. The van der Waals surface area contributed by atoms with Crippen molar-refractivity contribution < 1.29 is 4.74 Å². The number of pyridine rings is 1. The van der Waals surface area contributed by atoms with E-state index in [0.29, 0.717) is 5.88 Å². The smallest absolute Gasteiger partial charge is 0.222 e. The number of nitrogens with zero attached hydrogens (tertiary/aromatic N) is 1. The number of halogens is 1. The molecule has 1 aromatic carbocycles. The lowest BCUT2D eigenvalue weighted by atomic mass is 10.1. The number of benzene rings is 1. The molecule has 0 fully saturated rings. The van der Waals surface area contributed by atoms with Crippen molar-refractivity contribution in [2.75, 3.05) is 13.1 Å². The van der Waals surface area contributed by atoms with E-state index in [1.165, 1.54) is 18.4 Å². The molecular formula is C21H29ClN2O. The predicted molar refractivity (Wildman–Crippen MR) is 106 cm³/mol. The minimum absolute atomic E-state index is 0.692. The van der Waals surface area contributed by atoms with Gasteiger partial charge in [-0.15, -0.1) is 0 Å². The van der Waals surface area contributed by atoms with Crippen LogP contribution in [0.25, 0.3) is 0 Å². The van der Waals surface area contributed by atoms with Gasteiger partial charge in [-0.05, 0) is 88.5 Å². The van der Waals surface area contributed by atoms with Crippen LogP contribution >= 0.6 is 11.6 Å². The first-order chi connectivity index (χ1) is 11.9. The highest BCUT2D eigenvalue weighted by molar-refractivity contribution is 6.30. The van der Waals surface area contributed by atoms with Gasteiger partial charge in [0, 0.05) is 16.3 Å². The van der Waals surface area contributed by atoms with Crippen molar-refractivity contribution in [1.82, 2.24) is 10.3 Å². The summed E-state index contributed by atoms with van der Waals surface area (Å²) in [5.41, 5.74) is 5.42. The zero-order chi connectivity index (χ0) is 18.4. The molecule has 0 atom stereocenters. The second-order valence-corrected chi connectivity index (χ2v) is 7.11. The number of aromatic nitrogens is 1. The monoisotopic (exact) mass is 360 g/mol. The van der Waals surface area contributed by atoms with Crippen molar-refractivity contribution >= 4 is 11.6 Å². The molecule has 136 valence electrons. The molecule has 1 heterocycles. The minimum atomic E-state index is 0.692. The van der Waals surface area contributed by atoms with E-state index in [9.17, 15) is 0 Å². The predicted octanol–water partition coefficient (Wildman–Crippen LogP) is 5.69. The molecule has 0 saturated carbocycles. The van der Waals surface area contributed by atoms with Gasteiger partial charge in [0.15, 0.2) is 0 Å². The zero-order valence-corrected chi connectivity index (χ0v) is 16.8. The van der Waals surface area contributed by atoms with Gasteiger partial charge in [-0.1, -0.05) is 24.9 Å². The molecular weight excluding hydrogens is 332 g/mol. The molecule has 0 unspecified atom stereocenters. The van der Waals surface area contributed by atoms with Gasteiger partial charge in [0.2, 0.25) is 5.88 Å². The number of aryl methyl sites for hydroxylation is 3. The highest BCUT2D eigenvalue weighted by Gasteiger charge is 2.13. The molecule has 2 aromatic rings. The van der Waals surface area contributed by atoms with Crippen molar-refractivity contribution in [3.63, 3.8) is 0 Å². The first kappa shape index (κ1) is 19.7. The van der Waals surface area contributed by atoms with E-state index in [-0.39, 0.29) is 0 Å². The fraction of sp³-hybridized carbons (Fsp3) is 0.476. The van der Waals surface area contributed by atoms with Gasteiger partial charge in [-0.25, -0.2) is 4.98 Å². The topological polar surface area (TPSA) is 34.2 Å². The zero-order valence-electron chi connectivity index (χ0n) is 16.0. The summed E-state index contributed by atoms with van der Waals surface area (Å²) in [4.78, 5) is 4.62. The molecule has 3 nitrogen and oxygen atoms in total. The summed E-state index contributed by atoms with van der Waals surface area (Å²) in [6, 6.07) is 6.01. The Morgan fingerprint density at radius 1 is 1.04 bits per heavy atom. The molecule has 0 aliphatic carbocycles. The Labute approximate surface area is 156 Å². The van der Waals surface area contributed by atoms with Gasteiger partial charge in [-0.3, -0.25) is 0 Å². The summed E-state index contributed by atoms with van der Waals surface area (Å²) < 4.78 is 6.20. The number of unbranched alkanes of at least 4 members (excludes halogenated alkanes) is 1. The fourth-order valence-electron chi connectivity index (χ4n) is 2.94. The Balaban J connectivity index is 2.19. The van der Waals surface area contributed by atoms with Crippen molar-refractivity contribution in [2.24, 2.45) is 0 Å². The van der Waals surface area contributed by atoms with E-state index < -0.39 is 0 Å². The summed E-state index contributed by atoms with van der Waals surface area (Å²) in [5, 5.41) is 4.23. The van der Waals surface area contributed by atoms with Crippen LogP contribution in [0.2, 0.25) is 5.02 Å². The molecule has 1 aromatic heterocycles. The fourth-order valence-corrected chi connectivity index (χ4v) is 3.27. The number of nitrogens with one attached hydrogen (secondary N) is 1. The molecule has 0 amide bonds. The third kappa shape index (κ3) is 5.45. The minimum Gasteiger partial charge on any atom is -0.438 e. The Bertz CT molecular complexity index is 705. The Kier molecular flexibility index (Phi) is 7.27. The molecule has 0 radical (unpaired) electrons. The van der Waals surface area contributed by atoms with Crippen LogP contribution in [-0.2, 0) is 6.42 Å². The van der Waals surface area contributed by atoms with Gasteiger partial charge in [0.25, 0.3) is 0 Å². The van der Waals surface area contributed by atoms with Crippen molar-refractivity contribution in [3.8, 4) is 11.6 Å². The summed E-state index contributed by atoms with van der Waals surface area (Å²) in [6.07, 6.45) is 3.42. The van der Waals surface area contributed by atoms with E-state index in [0.717, 1.165) is 52.7 Å². The second kappa shape index (κ2) is 9.21. The second-order valence-electron chi connectivity index (χ2n) is 6.68. The lowest BCUT2D eigenvalue weighted by molar-refractivity contribution is 0.449. The van der Waals surface area contributed by atoms with Crippen LogP contribution in [0.1, 0.15) is 47.7 Å². The highest BCUT2D eigenvalue weighted by atomic mass is 35.5. The lowest BCUT2D eigenvalue weighted by Crippen LogP contribution is -2.18. The quantitative estimate of drug-likeness (QED) is 0.613. The maximum Gasteiger partial charge on any atom is 0.222 e. The molecule has 2 rings (SSSR count). The lowest BCUT2D eigenvalue weighted by Gasteiger charge is -2.16. The standard InChI is InChI=1S/C21H29ClN2O/c1-6-7-9-23-10-8-18-13-16(4)24-21(17(18)5)25-20-14(2)11-19(22)12-15(20)3/h11-13,23H,6-10H2,1-5H3. The number of rotatable bonds is 8. The van der Waals surface area contributed by atoms with E-state index in [2.05, 4.69) is 30.2 Å². The maximum atomic E-state index is 6.20. The average Bonchev–Trinajstić information content (AvgIpc) is 2.54. The van der Waals surface area contributed by atoms with Crippen LogP contribution in [0.3, 0.4) is 0 Å². The van der Waals surface area contributed by atoms with E-state index in [4.69, 9.17) is 16.3 Å². The number of hydrogen-bond acceptors (Lipinski definition) is 3. The molecule has 0 spiro atoms. The van der Waals surface area contributed by atoms with Crippen LogP contribution in [0.15, 0.2) is 18.2 Å².